The van der Waals surface area contributed by atoms with E-state index < -0.39 is 10.9 Å². The minimum atomic E-state index is -0.837. The normalized spacial score (nSPS) is 10.1. The number of rotatable bonds is 3. The van der Waals surface area contributed by atoms with Gasteiger partial charge in [0.1, 0.15) is 11.3 Å². The van der Waals surface area contributed by atoms with Crippen LogP contribution >= 0.6 is 23.2 Å². The van der Waals surface area contributed by atoms with Crippen molar-refractivity contribution in [2.24, 2.45) is 0 Å². The Balaban J connectivity index is 2.28. The predicted molar refractivity (Wildman–Crippen MR) is 74.5 cm³/mol. The largest absolute Gasteiger partial charge is 0.423 e. The summed E-state index contributed by atoms with van der Waals surface area (Å²) in [6.45, 7) is 0. The second kappa shape index (κ2) is 5.90. The molecule has 0 N–H and O–H groups in total. The van der Waals surface area contributed by atoms with E-state index in [0.717, 1.165) is 0 Å². The van der Waals surface area contributed by atoms with Crippen LogP contribution in [0.3, 0.4) is 0 Å². The van der Waals surface area contributed by atoms with Gasteiger partial charge in [-0.05, 0) is 18.2 Å². The number of halogens is 2. The molecule has 0 aliphatic carbocycles. The van der Waals surface area contributed by atoms with E-state index in [1.807, 2.05) is 0 Å². The highest BCUT2D eigenvalue weighted by Crippen LogP contribution is 2.27. The van der Waals surface area contributed by atoms with Crippen molar-refractivity contribution in [3.63, 3.8) is 0 Å². The molecule has 0 bridgehead atoms. The number of benzene rings is 2. The number of hydrogen-bond donors (Lipinski definition) is 0. The van der Waals surface area contributed by atoms with Crippen LogP contribution < -0.4 is 4.74 Å². The summed E-state index contributed by atoms with van der Waals surface area (Å²) >= 11 is 11.5. The summed E-state index contributed by atoms with van der Waals surface area (Å²) in [6.07, 6.45) is 0. The Kier molecular flexibility index (Phi) is 4.22. The smallest absolute Gasteiger partial charge is 0.350 e. The summed E-state index contributed by atoms with van der Waals surface area (Å²) in [7, 11) is 0. The second-order valence-corrected chi connectivity index (χ2v) is 4.55. The van der Waals surface area contributed by atoms with Gasteiger partial charge in [-0.3, -0.25) is 10.1 Å². The van der Waals surface area contributed by atoms with Crippen LogP contribution in [-0.2, 0) is 0 Å². The van der Waals surface area contributed by atoms with Crippen LogP contribution in [0.5, 0.6) is 5.75 Å². The quantitative estimate of drug-likeness (QED) is 0.370. The molecule has 0 aliphatic rings. The maximum absolute atomic E-state index is 11.9. The molecule has 0 aromatic heterocycles. The summed E-state index contributed by atoms with van der Waals surface area (Å²) < 4.78 is 5.04. The van der Waals surface area contributed by atoms with E-state index in [2.05, 4.69) is 0 Å². The Morgan fingerprint density at radius 3 is 2.45 bits per heavy atom. The number of nitro benzene ring substituents is 1. The average molecular weight is 312 g/mol. The lowest BCUT2D eigenvalue weighted by atomic mass is 10.2. The lowest BCUT2D eigenvalue weighted by Gasteiger charge is -2.05. The molecule has 0 radical (unpaired) electrons. The first kappa shape index (κ1) is 14.3. The van der Waals surface area contributed by atoms with Gasteiger partial charge in [0.25, 0.3) is 5.69 Å². The zero-order valence-electron chi connectivity index (χ0n) is 9.88. The van der Waals surface area contributed by atoms with Crippen LogP contribution in [0.15, 0.2) is 42.5 Å². The van der Waals surface area contributed by atoms with Gasteiger partial charge in [-0.2, -0.15) is 0 Å². The number of nitro groups is 1. The molecule has 0 saturated heterocycles. The van der Waals surface area contributed by atoms with Crippen molar-refractivity contribution in [3.8, 4) is 5.75 Å². The Hall–Kier alpha value is -2.11. The highest BCUT2D eigenvalue weighted by molar-refractivity contribution is 6.42. The minimum Gasteiger partial charge on any atom is -0.423 e. The molecule has 2 aromatic carbocycles. The van der Waals surface area contributed by atoms with Crippen LogP contribution in [-0.4, -0.2) is 10.9 Å². The van der Waals surface area contributed by atoms with E-state index >= 15 is 0 Å². The van der Waals surface area contributed by atoms with Gasteiger partial charge in [0, 0.05) is 12.1 Å². The van der Waals surface area contributed by atoms with Gasteiger partial charge in [0.05, 0.1) is 15.0 Å². The highest BCUT2D eigenvalue weighted by Gasteiger charge is 2.21. The molecule has 102 valence electrons. The first-order valence-electron chi connectivity index (χ1n) is 5.39. The molecule has 5 nitrogen and oxygen atoms in total. The zero-order valence-corrected chi connectivity index (χ0v) is 11.4. The van der Waals surface area contributed by atoms with Gasteiger partial charge in [0.2, 0.25) is 0 Å². The van der Waals surface area contributed by atoms with Gasteiger partial charge >= 0.3 is 5.97 Å². The van der Waals surface area contributed by atoms with Crippen LogP contribution in [0.4, 0.5) is 5.69 Å². The molecule has 0 aliphatic heterocycles. The van der Waals surface area contributed by atoms with E-state index in [0.29, 0.717) is 5.02 Å². The first-order chi connectivity index (χ1) is 9.49. The fraction of sp³-hybridized carbons (Fsp3) is 0. The first-order valence-corrected chi connectivity index (χ1v) is 6.15. The molecular formula is C13H7Cl2NO4. The number of carbonyl (C=O) groups is 1. The molecule has 0 saturated carbocycles. The molecule has 20 heavy (non-hydrogen) atoms. The van der Waals surface area contributed by atoms with Gasteiger partial charge in [-0.15, -0.1) is 0 Å². The van der Waals surface area contributed by atoms with E-state index in [-0.39, 0.29) is 22.0 Å². The molecule has 7 heteroatoms. The van der Waals surface area contributed by atoms with Gasteiger partial charge in [0.15, 0.2) is 0 Å². The van der Waals surface area contributed by atoms with Crippen molar-refractivity contribution in [1.29, 1.82) is 0 Å². The van der Waals surface area contributed by atoms with Crippen molar-refractivity contribution in [3.05, 3.63) is 68.2 Å². The van der Waals surface area contributed by atoms with Crippen molar-refractivity contribution in [2.45, 2.75) is 0 Å². The standard InChI is InChI=1S/C13H7Cl2NO4/c14-10-6-5-8(7-11(10)15)20-13(17)9-3-1-2-4-12(9)16(18)19/h1-7H. The highest BCUT2D eigenvalue weighted by atomic mass is 35.5. The molecule has 0 spiro atoms. The Morgan fingerprint density at radius 1 is 1.10 bits per heavy atom. The van der Waals surface area contributed by atoms with E-state index in [9.17, 15) is 14.9 Å². The van der Waals surface area contributed by atoms with E-state index in [1.165, 1.54) is 42.5 Å². The molecule has 2 rings (SSSR count). The van der Waals surface area contributed by atoms with Crippen molar-refractivity contribution in [1.82, 2.24) is 0 Å². The van der Waals surface area contributed by atoms with Crippen molar-refractivity contribution >= 4 is 34.9 Å². The molecule has 0 unspecified atom stereocenters. The molecule has 0 fully saturated rings. The fourth-order valence-corrected chi connectivity index (χ4v) is 1.80. The molecule has 0 amide bonds. The topological polar surface area (TPSA) is 69.4 Å². The Morgan fingerprint density at radius 2 is 1.80 bits per heavy atom. The SMILES string of the molecule is O=C(Oc1ccc(Cl)c(Cl)c1)c1ccccc1[N+](=O)[O-]. The van der Waals surface area contributed by atoms with Gasteiger partial charge < -0.3 is 4.74 Å². The number of hydrogen-bond acceptors (Lipinski definition) is 4. The maximum Gasteiger partial charge on any atom is 0.350 e. The third-order valence-corrected chi connectivity index (χ3v) is 3.16. The molecule has 0 atom stereocenters. The molecule has 0 heterocycles. The molecule has 2 aromatic rings. The second-order valence-electron chi connectivity index (χ2n) is 3.74. The summed E-state index contributed by atoms with van der Waals surface area (Å²) in [5, 5.41) is 11.4. The van der Waals surface area contributed by atoms with Crippen LogP contribution in [0.2, 0.25) is 10.0 Å². The Bertz CT molecular complexity index is 688. The number of ether oxygens (including phenoxy) is 1. The van der Waals surface area contributed by atoms with Gasteiger partial charge in [-0.25, -0.2) is 4.79 Å². The zero-order chi connectivity index (χ0) is 14.7. The average Bonchev–Trinajstić information content (AvgIpc) is 2.43. The summed E-state index contributed by atoms with van der Waals surface area (Å²) in [5.74, 6) is -0.682. The third kappa shape index (κ3) is 3.07. The van der Waals surface area contributed by atoms with Crippen molar-refractivity contribution < 1.29 is 14.5 Å². The predicted octanol–water partition coefficient (Wildman–Crippen LogP) is 4.12. The fourth-order valence-electron chi connectivity index (χ4n) is 1.51. The summed E-state index contributed by atoms with van der Waals surface area (Å²) in [4.78, 5) is 22.1. The number of nitrogens with zero attached hydrogens (tertiary/aromatic N) is 1. The third-order valence-electron chi connectivity index (χ3n) is 2.42. The minimum absolute atomic E-state index is 0.136. The van der Waals surface area contributed by atoms with Crippen LogP contribution in [0, 0.1) is 10.1 Å². The number of carbonyl (C=O) groups excluding carboxylic acids is 1. The monoisotopic (exact) mass is 311 g/mol. The van der Waals surface area contributed by atoms with Gasteiger partial charge in [-0.1, -0.05) is 35.3 Å². The van der Waals surface area contributed by atoms with E-state index in [1.54, 1.807) is 0 Å². The lowest BCUT2D eigenvalue weighted by Crippen LogP contribution is -2.10. The summed E-state index contributed by atoms with van der Waals surface area (Å²) in [6, 6.07) is 9.79. The number of esters is 1. The maximum atomic E-state index is 11.9. The van der Waals surface area contributed by atoms with Crippen LogP contribution in [0.25, 0.3) is 0 Å². The summed E-state index contributed by atoms with van der Waals surface area (Å²) in [5.41, 5.74) is -0.457. The lowest BCUT2D eigenvalue weighted by molar-refractivity contribution is -0.385. The van der Waals surface area contributed by atoms with E-state index in [4.69, 9.17) is 27.9 Å². The van der Waals surface area contributed by atoms with Crippen molar-refractivity contribution in [2.75, 3.05) is 0 Å². The molecular weight excluding hydrogens is 305 g/mol. The van der Waals surface area contributed by atoms with Crippen LogP contribution in [0.1, 0.15) is 10.4 Å². The Labute approximate surface area is 123 Å². The number of para-hydroxylation sites is 1.